The van der Waals surface area contributed by atoms with Crippen molar-refractivity contribution in [2.75, 3.05) is 14.2 Å². The van der Waals surface area contributed by atoms with Crippen LogP contribution in [0.4, 0.5) is 0 Å². The fourth-order valence-corrected chi connectivity index (χ4v) is 4.43. The van der Waals surface area contributed by atoms with Gasteiger partial charge in [-0.1, -0.05) is 12.1 Å². The Morgan fingerprint density at radius 1 is 1.23 bits per heavy atom. The molecule has 0 aliphatic carbocycles. The molecule has 3 aromatic rings. The number of thiophene rings is 1. The van der Waals surface area contributed by atoms with Crippen molar-refractivity contribution in [3.63, 3.8) is 0 Å². The van der Waals surface area contributed by atoms with Crippen LogP contribution in [0.1, 0.15) is 16.2 Å². The lowest BCUT2D eigenvalue weighted by Crippen LogP contribution is -2.28. The van der Waals surface area contributed by atoms with E-state index in [2.05, 4.69) is 4.72 Å². The number of ether oxygens (including phenoxy) is 1. The molecule has 2 heterocycles. The predicted molar refractivity (Wildman–Crippen MR) is 116 cm³/mol. The SMILES string of the molecule is CNS(=O)(=O)c1cc(/C=C/C(=O)N(Cc2ccco2)Cc2cccs2)ccc1OC. The second kappa shape index (κ2) is 9.75. The summed E-state index contributed by atoms with van der Waals surface area (Å²) in [6.07, 6.45) is 4.58. The lowest BCUT2D eigenvalue weighted by Gasteiger charge is -2.19. The maximum absolute atomic E-state index is 12.9. The van der Waals surface area contributed by atoms with Gasteiger partial charge in [-0.25, -0.2) is 13.1 Å². The Morgan fingerprint density at radius 3 is 2.70 bits per heavy atom. The number of furan rings is 1. The van der Waals surface area contributed by atoms with Crippen molar-refractivity contribution in [1.82, 2.24) is 9.62 Å². The molecule has 0 aliphatic heterocycles. The number of methoxy groups -OCH3 is 1. The summed E-state index contributed by atoms with van der Waals surface area (Å²) in [5.74, 6) is 0.693. The van der Waals surface area contributed by atoms with Crippen molar-refractivity contribution in [2.24, 2.45) is 0 Å². The highest BCUT2D eigenvalue weighted by atomic mass is 32.2. The Morgan fingerprint density at radius 2 is 2.07 bits per heavy atom. The summed E-state index contributed by atoms with van der Waals surface area (Å²) in [6.45, 7) is 0.777. The topological polar surface area (TPSA) is 88.9 Å². The van der Waals surface area contributed by atoms with Gasteiger partial charge in [-0.3, -0.25) is 4.79 Å². The third kappa shape index (κ3) is 5.38. The van der Waals surface area contributed by atoms with E-state index in [1.807, 2.05) is 23.6 Å². The summed E-state index contributed by atoms with van der Waals surface area (Å²) in [7, 11) is -0.968. The Bertz CT molecular complexity index is 1070. The molecule has 0 fully saturated rings. The van der Waals surface area contributed by atoms with Crippen LogP contribution in [0.5, 0.6) is 5.75 Å². The van der Waals surface area contributed by atoms with Crippen molar-refractivity contribution >= 4 is 33.3 Å². The molecule has 0 radical (unpaired) electrons. The van der Waals surface area contributed by atoms with Crippen LogP contribution in [0.15, 0.2) is 69.5 Å². The Balaban J connectivity index is 1.83. The first kappa shape index (κ1) is 21.8. The largest absolute Gasteiger partial charge is 0.495 e. The third-order valence-corrected chi connectivity index (χ3v) is 6.63. The first-order valence-electron chi connectivity index (χ1n) is 9.06. The molecule has 0 aliphatic rings. The molecule has 0 saturated carbocycles. The normalized spacial score (nSPS) is 11.7. The number of hydrogen-bond donors (Lipinski definition) is 1. The molecular weight excluding hydrogens is 424 g/mol. The fourth-order valence-electron chi connectivity index (χ4n) is 2.78. The van der Waals surface area contributed by atoms with Gasteiger partial charge in [0.25, 0.3) is 0 Å². The summed E-state index contributed by atoms with van der Waals surface area (Å²) in [4.78, 5) is 15.6. The van der Waals surface area contributed by atoms with Crippen molar-refractivity contribution in [1.29, 1.82) is 0 Å². The van der Waals surface area contributed by atoms with E-state index >= 15 is 0 Å². The summed E-state index contributed by atoms with van der Waals surface area (Å²) in [5.41, 5.74) is 0.562. The van der Waals surface area contributed by atoms with E-state index in [1.54, 1.807) is 46.8 Å². The highest BCUT2D eigenvalue weighted by molar-refractivity contribution is 7.89. The van der Waals surface area contributed by atoms with Gasteiger partial charge in [0.1, 0.15) is 16.4 Å². The number of carbonyl (C=O) groups is 1. The third-order valence-electron chi connectivity index (χ3n) is 4.33. The van der Waals surface area contributed by atoms with Crippen molar-refractivity contribution in [3.8, 4) is 5.75 Å². The van der Waals surface area contributed by atoms with E-state index in [-0.39, 0.29) is 16.6 Å². The number of hydrogen-bond acceptors (Lipinski definition) is 6. The smallest absolute Gasteiger partial charge is 0.247 e. The number of benzene rings is 1. The maximum Gasteiger partial charge on any atom is 0.247 e. The maximum atomic E-state index is 12.9. The summed E-state index contributed by atoms with van der Waals surface area (Å²) in [5, 5.41) is 1.96. The Labute approximate surface area is 179 Å². The van der Waals surface area contributed by atoms with Gasteiger partial charge in [0.15, 0.2) is 0 Å². The van der Waals surface area contributed by atoms with Gasteiger partial charge in [0.05, 0.1) is 26.5 Å². The summed E-state index contributed by atoms with van der Waals surface area (Å²) in [6, 6.07) is 12.2. The number of nitrogens with one attached hydrogen (secondary N) is 1. The van der Waals surface area contributed by atoms with E-state index in [1.165, 1.54) is 26.3 Å². The molecule has 0 spiro atoms. The van der Waals surface area contributed by atoms with Crippen molar-refractivity contribution < 1.29 is 22.4 Å². The number of sulfonamides is 1. The van der Waals surface area contributed by atoms with Crippen LogP contribution in [0.2, 0.25) is 0 Å². The Hall–Kier alpha value is -2.88. The van der Waals surface area contributed by atoms with Gasteiger partial charge in [-0.05, 0) is 54.4 Å². The van der Waals surface area contributed by atoms with Crippen LogP contribution in [-0.4, -0.2) is 33.4 Å². The summed E-state index contributed by atoms with van der Waals surface area (Å²) >= 11 is 1.57. The first-order valence-corrected chi connectivity index (χ1v) is 11.4. The second-order valence-electron chi connectivity index (χ2n) is 6.30. The highest BCUT2D eigenvalue weighted by Gasteiger charge is 2.18. The van der Waals surface area contributed by atoms with Crippen LogP contribution in [0, 0.1) is 0 Å². The minimum absolute atomic E-state index is 0.00752. The predicted octanol–water partition coefficient (Wildman–Crippen LogP) is 3.50. The van der Waals surface area contributed by atoms with Crippen molar-refractivity contribution in [3.05, 3.63) is 76.4 Å². The van der Waals surface area contributed by atoms with Gasteiger partial charge >= 0.3 is 0 Å². The molecule has 9 heteroatoms. The number of amides is 1. The lowest BCUT2D eigenvalue weighted by atomic mass is 10.2. The highest BCUT2D eigenvalue weighted by Crippen LogP contribution is 2.25. The van der Waals surface area contributed by atoms with E-state index < -0.39 is 10.0 Å². The minimum atomic E-state index is -3.70. The van der Waals surface area contributed by atoms with Crippen LogP contribution in [0.25, 0.3) is 6.08 Å². The monoisotopic (exact) mass is 446 g/mol. The molecule has 7 nitrogen and oxygen atoms in total. The van der Waals surface area contributed by atoms with E-state index in [4.69, 9.17) is 9.15 Å². The van der Waals surface area contributed by atoms with Gasteiger partial charge in [-0.15, -0.1) is 11.3 Å². The van der Waals surface area contributed by atoms with Crippen LogP contribution >= 0.6 is 11.3 Å². The average molecular weight is 447 g/mol. The zero-order chi connectivity index (χ0) is 21.6. The fraction of sp³-hybridized carbons (Fsp3) is 0.190. The van der Waals surface area contributed by atoms with Crippen LogP contribution < -0.4 is 9.46 Å². The number of carbonyl (C=O) groups excluding carboxylic acids is 1. The first-order chi connectivity index (χ1) is 14.4. The average Bonchev–Trinajstić information content (AvgIpc) is 3.45. The molecule has 0 saturated heterocycles. The van der Waals surface area contributed by atoms with Gasteiger partial charge in [-0.2, -0.15) is 0 Å². The van der Waals surface area contributed by atoms with Gasteiger partial charge < -0.3 is 14.1 Å². The zero-order valence-electron chi connectivity index (χ0n) is 16.6. The van der Waals surface area contributed by atoms with Gasteiger partial charge in [0, 0.05) is 11.0 Å². The molecule has 2 aromatic heterocycles. The molecule has 158 valence electrons. The number of nitrogens with zero attached hydrogens (tertiary/aromatic N) is 1. The van der Waals surface area contributed by atoms with E-state index in [0.717, 1.165) is 4.88 Å². The molecule has 1 aromatic carbocycles. The van der Waals surface area contributed by atoms with Crippen molar-refractivity contribution in [2.45, 2.75) is 18.0 Å². The molecule has 0 bridgehead atoms. The molecule has 0 atom stereocenters. The lowest BCUT2D eigenvalue weighted by molar-refractivity contribution is -0.127. The standard InChI is InChI=1S/C21H22N2O5S2/c1-22-30(25,26)20-13-16(7-9-19(20)27-2)8-10-21(24)23(14-17-5-3-11-28-17)15-18-6-4-12-29-18/h3-13,22H,14-15H2,1-2H3/b10-8+. The van der Waals surface area contributed by atoms with Crippen LogP contribution in [0.3, 0.4) is 0 Å². The second-order valence-corrected chi connectivity index (χ2v) is 9.19. The van der Waals surface area contributed by atoms with Gasteiger partial charge in [0.2, 0.25) is 15.9 Å². The quantitative estimate of drug-likeness (QED) is 0.508. The number of rotatable bonds is 9. The molecular formula is C21H22N2O5S2. The molecule has 1 amide bonds. The zero-order valence-corrected chi connectivity index (χ0v) is 18.2. The molecule has 1 N–H and O–H groups in total. The summed E-state index contributed by atoms with van der Waals surface area (Å²) < 4.78 is 37.3. The minimum Gasteiger partial charge on any atom is -0.495 e. The van der Waals surface area contributed by atoms with E-state index in [0.29, 0.717) is 24.4 Å². The van der Waals surface area contributed by atoms with E-state index in [9.17, 15) is 13.2 Å². The van der Waals surface area contributed by atoms with Crippen LogP contribution in [-0.2, 0) is 27.9 Å². The Kier molecular flexibility index (Phi) is 7.09. The molecule has 0 unspecified atom stereocenters. The molecule has 3 rings (SSSR count). The molecule has 30 heavy (non-hydrogen) atoms.